The first-order chi connectivity index (χ1) is 10.4. The van der Waals surface area contributed by atoms with Crippen molar-refractivity contribution >= 4 is 28.0 Å². The Bertz CT molecular complexity index is 556. The zero-order valence-electron chi connectivity index (χ0n) is 13.9. The van der Waals surface area contributed by atoms with Crippen LogP contribution in [-0.2, 0) is 21.3 Å². The SMILES string of the molecule is Cc1nc(C)c(C[S@](=O)CC(=O)N(C)[C@@H]2CCCC[C@H]2C)s1. The minimum Gasteiger partial charge on any atom is -0.342 e. The molecule has 0 saturated heterocycles. The van der Waals surface area contributed by atoms with Crippen molar-refractivity contribution in [3.8, 4) is 0 Å². The highest BCUT2D eigenvalue weighted by atomic mass is 32.2. The van der Waals surface area contributed by atoms with Crippen LogP contribution in [0.15, 0.2) is 0 Å². The molecule has 0 spiro atoms. The molecular formula is C16H26N2O2S2. The van der Waals surface area contributed by atoms with E-state index in [1.165, 1.54) is 19.3 Å². The van der Waals surface area contributed by atoms with Crippen molar-refractivity contribution in [1.29, 1.82) is 0 Å². The molecule has 1 aliphatic rings. The van der Waals surface area contributed by atoms with Crippen LogP contribution in [0.3, 0.4) is 0 Å². The average molecular weight is 343 g/mol. The third-order valence-electron chi connectivity index (χ3n) is 4.53. The molecule has 1 amide bonds. The van der Waals surface area contributed by atoms with Gasteiger partial charge in [0.1, 0.15) is 5.75 Å². The number of hydrogen-bond donors (Lipinski definition) is 0. The van der Waals surface area contributed by atoms with Gasteiger partial charge >= 0.3 is 0 Å². The predicted octanol–water partition coefficient (Wildman–Crippen LogP) is 3.05. The van der Waals surface area contributed by atoms with Gasteiger partial charge < -0.3 is 4.90 Å². The number of amides is 1. The van der Waals surface area contributed by atoms with E-state index in [4.69, 9.17) is 0 Å². The lowest BCUT2D eigenvalue weighted by Gasteiger charge is -2.36. The Kier molecular flexibility index (Phi) is 6.15. The van der Waals surface area contributed by atoms with Gasteiger partial charge in [-0.05, 0) is 32.6 Å². The Balaban J connectivity index is 1.90. The molecule has 6 heteroatoms. The van der Waals surface area contributed by atoms with Crippen molar-refractivity contribution in [2.24, 2.45) is 5.92 Å². The van der Waals surface area contributed by atoms with E-state index >= 15 is 0 Å². The van der Waals surface area contributed by atoms with Gasteiger partial charge in [-0.3, -0.25) is 9.00 Å². The maximum absolute atomic E-state index is 12.4. The first-order valence-corrected chi connectivity index (χ1v) is 10.2. The number of thiazole rings is 1. The lowest BCUT2D eigenvalue weighted by molar-refractivity contribution is -0.130. The van der Waals surface area contributed by atoms with Crippen LogP contribution in [-0.4, -0.2) is 38.8 Å². The summed E-state index contributed by atoms with van der Waals surface area (Å²) in [5, 5.41) is 0.990. The zero-order valence-corrected chi connectivity index (χ0v) is 15.6. The lowest BCUT2D eigenvalue weighted by Crippen LogP contribution is -2.44. The van der Waals surface area contributed by atoms with Crippen molar-refractivity contribution in [2.45, 2.75) is 58.2 Å². The van der Waals surface area contributed by atoms with Crippen LogP contribution in [0.25, 0.3) is 0 Å². The molecule has 4 nitrogen and oxygen atoms in total. The summed E-state index contributed by atoms with van der Waals surface area (Å²) in [7, 11) is 0.714. The van der Waals surface area contributed by atoms with E-state index in [1.807, 2.05) is 25.8 Å². The van der Waals surface area contributed by atoms with Gasteiger partial charge in [-0.2, -0.15) is 0 Å². The van der Waals surface area contributed by atoms with Crippen molar-refractivity contribution in [3.63, 3.8) is 0 Å². The van der Waals surface area contributed by atoms with Crippen LogP contribution in [0.1, 0.15) is 48.2 Å². The maximum atomic E-state index is 12.4. The van der Waals surface area contributed by atoms with Gasteiger partial charge in [0.2, 0.25) is 5.91 Å². The summed E-state index contributed by atoms with van der Waals surface area (Å²) in [4.78, 5) is 19.6. The molecule has 0 bridgehead atoms. The molecule has 1 aromatic rings. The number of aromatic nitrogens is 1. The van der Waals surface area contributed by atoms with Gasteiger partial charge in [-0.1, -0.05) is 19.8 Å². The molecule has 0 N–H and O–H groups in total. The minimum absolute atomic E-state index is 0.0102. The van der Waals surface area contributed by atoms with Crippen molar-refractivity contribution in [1.82, 2.24) is 9.88 Å². The highest BCUT2D eigenvalue weighted by Crippen LogP contribution is 2.27. The zero-order chi connectivity index (χ0) is 16.3. The van der Waals surface area contributed by atoms with E-state index in [9.17, 15) is 9.00 Å². The molecule has 1 heterocycles. The third-order valence-corrected chi connectivity index (χ3v) is 6.97. The number of carbonyl (C=O) groups is 1. The quantitative estimate of drug-likeness (QED) is 0.826. The third kappa shape index (κ3) is 4.38. The molecule has 1 saturated carbocycles. The van der Waals surface area contributed by atoms with E-state index in [0.717, 1.165) is 22.0 Å². The molecule has 1 aromatic heterocycles. The van der Waals surface area contributed by atoms with Crippen LogP contribution < -0.4 is 0 Å². The first-order valence-electron chi connectivity index (χ1n) is 7.92. The van der Waals surface area contributed by atoms with Crippen LogP contribution in [0.4, 0.5) is 0 Å². The normalized spacial score (nSPS) is 23.3. The molecule has 22 heavy (non-hydrogen) atoms. The van der Waals surface area contributed by atoms with E-state index < -0.39 is 10.8 Å². The Hall–Kier alpha value is -0.750. The molecule has 1 fully saturated rings. The fraction of sp³-hybridized carbons (Fsp3) is 0.750. The second-order valence-electron chi connectivity index (χ2n) is 6.30. The summed E-state index contributed by atoms with van der Waals surface area (Å²) in [6.45, 7) is 6.11. The molecule has 0 aliphatic heterocycles. The van der Waals surface area contributed by atoms with Gasteiger partial charge in [0.25, 0.3) is 0 Å². The average Bonchev–Trinajstić information content (AvgIpc) is 2.76. The molecule has 0 unspecified atom stereocenters. The number of hydrogen-bond acceptors (Lipinski definition) is 4. The first kappa shape index (κ1) is 17.6. The summed E-state index contributed by atoms with van der Waals surface area (Å²) in [5.41, 5.74) is 0.942. The fourth-order valence-corrected chi connectivity index (χ4v) is 5.65. The highest BCUT2D eigenvalue weighted by Gasteiger charge is 2.28. The molecule has 3 atom stereocenters. The number of carbonyl (C=O) groups excluding carboxylic acids is 1. The van der Waals surface area contributed by atoms with E-state index in [2.05, 4.69) is 11.9 Å². The molecule has 1 aliphatic carbocycles. The Morgan fingerprint density at radius 3 is 2.64 bits per heavy atom. The summed E-state index contributed by atoms with van der Waals surface area (Å²) < 4.78 is 12.3. The van der Waals surface area contributed by atoms with Gasteiger partial charge in [-0.25, -0.2) is 4.98 Å². The maximum Gasteiger partial charge on any atom is 0.235 e. The minimum atomic E-state index is -1.16. The summed E-state index contributed by atoms with van der Waals surface area (Å²) in [6, 6.07) is 0.311. The summed E-state index contributed by atoms with van der Waals surface area (Å²) in [5.74, 6) is 1.12. The molecule has 124 valence electrons. The highest BCUT2D eigenvalue weighted by molar-refractivity contribution is 7.85. The smallest absolute Gasteiger partial charge is 0.235 e. The van der Waals surface area contributed by atoms with Crippen LogP contribution in [0.5, 0.6) is 0 Å². The second kappa shape index (κ2) is 7.68. The van der Waals surface area contributed by atoms with Crippen LogP contribution >= 0.6 is 11.3 Å². The van der Waals surface area contributed by atoms with Gasteiger partial charge in [0.15, 0.2) is 0 Å². The Labute approximate surface area is 139 Å². The Morgan fingerprint density at radius 1 is 1.36 bits per heavy atom. The second-order valence-corrected chi connectivity index (χ2v) is 9.05. The number of rotatable bonds is 5. The van der Waals surface area contributed by atoms with Crippen molar-refractivity contribution < 1.29 is 9.00 Å². The largest absolute Gasteiger partial charge is 0.342 e. The van der Waals surface area contributed by atoms with Crippen molar-refractivity contribution in [2.75, 3.05) is 12.8 Å². The van der Waals surface area contributed by atoms with Gasteiger partial charge in [-0.15, -0.1) is 11.3 Å². The van der Waals surface area contributed by atoms with Crippen LogP contribution in [0, 0.1) is 19.8 Å². The molecule has 0 aromatic carbocycles. The summed E-state index contributed by atoms with van der Waals surface area (Å²) in [6.07, 6.45) is 4.71. The van der Waals surface area contributed by atoms with Crippen molar-refractivity contribution in [3.05, 3.63) is 15.6 Å². The molecule has 0 radical (unpaired) electrons. The van der Waals surface area contributed by atoms with E-state index in [-0.39, 0.29) is 11.7 Å². The van der Waals surface area contributed by atoms with E-state index in [1.54, 1.807) is 11.3 Å². The lowest BCUT2D eigenvalue weighted by atomic mass is 9.85. The molecule has 2 rings (SSSR count). The Morgan fingerprint density at radius 2 is 2.05 bits per heavy atom. The topological polar surface area (TPSA) is 50.3 Å². The number of nitrogens with zero attached hydrogens (tertiary/aromatic N) is 2. The van der Waals surface area contributed by atoms with Crippen LogP contribution in [0.2, 0.25) is 0 Å². The monoisotopic (exact) mass is 342 g/mol. The fourth-order valence-electron chi connectivity index (χ4n) is 3.20. The standard InChI is InChI=1S/C16H26N2O2S2/c1-11-7-5-6-8-14(11)18(4)16(19)10-22(20)9-15-12(2)17-13(3)21-15/h11,14H,5-10H2,1-4H3/t11-,14-,22+/m1/s1. The van der Waals surface area contributed by atoms with Gasteiger partial charge in [0, 0.05) is 28.8 Å². The number of aryl methyl sites for hydroxylation is 2. The molecular weight excluding hydrogens is 316 g/mol. The predicted molar refractivity (Wildman–Crippen MR) is 92.5 cm³/mol. The van der Waals surface area contributed by atoms with E-state index in [0.29, 0.717) is 17.7 Å². The van der Waals surface area contributed by atoms with Gasteiger partial charge in [0.05, 0.1) is 16.5 Å². The summed E-state index contributed by atoms with van der Waals surface area (Å²) >= 11 is 1.58.